The van der Waals surface area contributed by atoms with E-state index in [4.69, 9.17) is 20.6 Å². The Balaban J connectivity index is 1.74. The van der Waals surface area contributed by atoms with Gasteiger partial charge in [0.15, 0.2) is 5.79 Å². The zero-order valence-corrected chi connectivity index (χ0v) is 18.3. The van der Waals surface area contributed by atoms with Crippen molar-refractivity contribution in [2.45, 2.75) is 43.5 Å². The van der Waals surface area contributed by atoms with Crippen LogP contribution in [0.5, 0.6) is 0 Å². The van der Waals surface area contributed by atoms with Gasteiger partial charge in [0.05, 0.1) is 6.61 Å². The van der Waals surface area contributed by atoms with Crippen LogP contribution in [0.15, 0.2) is 91.0 Å². The second-order valence-electron chi connectivity index (χ2n) is 8.35. The first-order valence-electron chi connectivity index (χ1n) is 10.8. The van der Waals surface area contributed by atoms with Crippen molar-refractivity contribution in [2.24, 2.45) is 0 Å². The van der Waals surface area contributed by atoms with Crippen LogP contribution in [0.1, 0.15) is 30.5 Å². The first-order chi connectivity index (χ1) is 15.5. The third-order valence-electron chi connectivity index (χ3n) is 5.68. The van der Waals surface area contributed by atoms with Crippen molar-refractivity contribution >= 4 is 0 Å². The quantitative estimate of drug-likeness (QED) is 0.444. The number of hydrogen-bond donors (Lipinski definition) is 1. The number of rotatable bonds is 7. The molecule has 4 nitrogen and oxygen atoms in total. The summed E-state index contributed by atoms with van der Waals surface area (Å²) < 4.78 is 18.3. The number of terminal acetylenes is 1. The molecule has 0 spiro atoms. The summed E-state index contributed by atoms with van der Waals surface area (Å²) in [5.41, 5.74) is 1.96. The van der Waals surface area contributed by atoms with Crippen LogP contribution >= 0.6 is 0 Å². The highest BCUT2D eigenvalue weighted by Gasteiger charge is 2.45. The molecule has 1 fully saturated rings. The second kappa shape index (κ2) is 9.28. The maximum atomic E-state index is 11.1. The van der Waals surface area contributed by atoms with Crippen LogP contribution in [0.2, 0.25) is 0 Å². The average Bonchev–Trinajstić information content (AvgIpc) is 3.16. The van der Waals surface area contributed by atoms with Crippen molar-refractivity contribution in [2.75, 3.05) is 6.61 Å². The van der Waals surface area contributed by atoms with Gasteiger partial charge in [-0.05, 0) is 30.5 Å². The largest absolute Gasteiger partial charge is 0.388 e. The van der Waals surface area contributed by atoms with Gasteiger partial charge in [-0.15, -0.1) is 6.42 Å². The molecule has 3 atom stereocenters. The van der Waals surface area contributed by atoms with Gasteiger partial charge in [0.25, 0.3) is 0 Å². The highest BCUT2D eigenvalue weighted by Crippen LogP contribution is 2.41. The molecule has 4 heteroatoms. The lowest BCUT2D eigenvalue weighted by atomic mass is 9.80. The minimum absolute atomic E-state index is 0.000962. The molecule has 1 N–H and O–H groups in total. The van der Waals surface area contributed by atoms with Gasteiger partial charge >= 0.3 is 0 Å². The van der Waals surface area contributed by atoms with E-state index in [0.29, 0.717) is 0 Å². The Morgan fingerprint density at radius 3 is 1.72 bits per heavy atom. The fourth-order valence-electron chi connectivity index (χ4n) is 4.27. The Hall–Kier alpha value is -2.94. The van der Waals surface area contributed by atoms with E-state index in [0.717, 1.165) is 16.7 Å². The van der Waals surface area contributed by atoms with Gasteiger partial charge in [0, 0.05) is 0 Å². The predicted octanol–water partition coefficient (Wildman–Crippen LogP) is 4.51. The van der Waals surface area contributed by atoms with Gasteiger partial charge in [-0.3, -0.25) is 0 Å². The van der Waals surface area contributed by atoms with Gasteiger partial charge in [-0.25, -0.2) is 0 Å². The SMILES string of the molecule is C#C[C@H]1OC(C)(C)O[C@@H]1[C@H](O)COC(c1ccccc1)(c1ccccc1)c1ccccc1. The van der Waals surface area contributed by atoms with Crippen LogP contribution in [0.3, 0.4) is 0 Å². The standard InChI is InChI=1S/C28H28O4/c1-4-25-26(32-27(2,3)31-25)24(29)20-30-28(21-14-8-5-9-15-21,22-16-10-6-11-17-22)23-18-12-7-13-19-23/h1,5-19,24-26,29H,20H2,2-3H3/t24-,25-,26-/m1/s1. The van der Waals surface area contributed by atoms with Gasteiger partial charge in [-0.1, -0.05) is 96.9 Å². The highest BCUT2D eigenvalue weighted by atomic mass is 16.8. The molecular formula is C28H28O4. The molecule has 1 heterocycles. The molecule has 3 aromatic rings. The van der Waals surface area contributed by atoms with E-state index in [1.54, 1.807) is 13.8 Å². The molecule has 164 valence electrons. The summed E-state index contributed by atoms with van der Waals surface area (Å²) in [6.45, 7) is 3.57. The first-order valence-corrected chi connectivity index (χ1v) is 10.8. The highest BCUT2D eigenvalue weighted by molar-refractivity contribution is 5.47. The summed E-state index contributed by atoms with van der Waals surface area (Å²) >= 11 is 0. The van der Waals surface area contributed by atoms with Crippen LogP contribution in [-0.2, 0) is 19.8 Å². The van der Waals surface area contributed by atoms with E-state index in [1.165, 1.54) is 0 Å². The predicted molar refractivity (Wildman–Crippen MR) is 124 cm³/mol. The van der Waals surface area contributed by atoms with E-state index in [-0.39, 0.29) is 6.61 Å². The summed E-state index contributed by atoms with van der Waals surface area (Å²) in [7, 11) is 0. The molecule has 0 saturated carbocycles. The second-order valence-corrected chi connectivity index (χ2v) is 8.35. The Morgan fingerprint density at radius 1 is 0.875 bits per heavy atom. The molecule has 32 heavy (non-hydrogen) atoms. The number of aliphatic hydroxyl groups excluding tert-OH is 1. The molecule has 4 rings (SSSR count). The fourth-order valence-corrected chi connectivity index (χ4v) is 4.27. The Kier molecular flexibility index (Phi) is 6.45. The van der Waals surface area contributed by atoms with Crippen molar-refractivity contribution in [1.29, 1.82) is 0 Å². The third kappa shape index (κ3) is 4.34. The molecule has 1 aliphatic rings. The molecule has 3 aromatic carbocycles. The molecule has 0 aliphatic carbocycles. The molecule has 1 aliphatic heterocycles. The third-order valence-corrected chi connectivity index (χ3v) is 5.68. The maximum Gasteiger partial charge on any atom is 0.165 e. The molecule has 0 radical (unpaired) electrons. The first kappa shape index (κ1) is 22.3. The normalized spacial score (nSPS) is 21.1. The van der Waals surface area contributed by atoms with E-state index in [1.807, 2.05) is 91.0 Å². The topological polar surface area (TPSA) is 47.9 Å². The zero-order chi connectivity index (χ0) is 22.6. The van der Waals surface area contributed by atoms with Crippen molar-refractivity contribution < 1.29 is 19.3 Å². The molecule has 0 aromatic heterocycles. The molecule has 1 saturated heterocycles. The van der Waals surface area contributed by atoms with E-state index >= 15 is 0 Å². The van der Waals surface area contributed by atoms with Gasteiger partial charge in [-0.2, -0.15) is 0 Å². The van der Waals surface area contributed by atoms with Gasteiger partial charge in [0.1, 0.15) is 23.9 Å². The van der Waals surface area contributed by atoms with E-state index < -0.39 is 29.7 Å². The monoisotopic (exact) mass is 428 g/mol. The summed E-state index contributed by atoms with van der Waals surface area (Å²) in [6.07, 6.45) is 3.32. The lowest BCUT2D eigenvalue weighted by molar-refractivity contribution is -0.160. The Labute approximate surface area is 189 Å². The molecular weight excluding hydrogens is 400 g/mol. The smallest absolute Gasteiger partial charge is 0.165 e. The minimum Gasteiger partial charge on any atom is -0.388 e. The maximum absolute atomic E-state index is 11.1. The summed E-state index contributed by atoms with van der Waals surface area (Å²) in [5.74, 6) is 1.72. The number of aliphatic hydroxyl groups is 1. The number of ether oxygens (including phenoxy) is 3. The van der Waals surface area contributed by atoms with Crippen molar-refractivity contribution in [3.8, 4) is 12.3 Å². The van der Waals surface area contributed by atoms with Gasteiger partial charge in [0.2, 0.25) is 0 Å². The number of benzene rings is 3. The minimum atomic E-state index is -0.978. The molecule has 0 unspecified atom stereocenters. The van der Waals surface area contributed by atoms with Crippen LogP contribution in [0.25, 0.3) is 0 Å². The van der Waals surface area contributed by atoms with Crippen LogP contribution in [-0.4, -0.2) is 35.8 Å². The van der Waals surface area contributed by atoms with Crippen LogP contribution in [0, 0.1) is 12.3 Å². The Morgan fingerprint density at radius 2 is 1.31 bits per heavy atom. The van der Waals surface area contributed by atoms with E-state index in [2.05, 4.69) is 5.92 Å². The van der Waals surface area contributed by atoms with Gasteiger partial charge < -0.3 is 19.3 Å². The summed E-state index contributed by atoms with van der Waals surface area (Å²) in [5, 5.41) is 11.1. The van der Waals surface area contributed by atoms with Crippen LogP contribution in [0.4, 0.5) is 0 Å². The molecule has 0 bridgehead atoms. The lowest BCUT2D eigenvalue weighted by Gasteiger charge is -2.37. The van der Waals surface area contributed by atoms with Crippen LogP contribution < -0.4 is 0 Å². The average molecular weight is 429 g/mol. The summed E-state index contributed by atoms with van der Waals surface area (Å²) in [6, 6.07) is 30.1. The van der Waals surface area contributed by atoms with Crippen molar-refractivity contribution in [3.63, 3.8) is 0 Å². The van der Waals surface area contributed by atoms with Crippen molar-refractivity contribution in [1.82, 2.24) is 0 Å². The van der Waals surface area contributed by atoms with E-state index in [9.17, 15) is 5.11 Å². The summed E-state index contributed by atoms with van der Waals surface area (Å²) in [4.78, 5) is 0. The van der Waals surface area contributed by atoms with Crippen molar-refractivity contribution in [3.05, 3.63) is 108 Å². The zero-order valence-electron chi connectivity index (χ0n) is 18.3. The Bertz CT molecular complexity index is 944. The fraction of sp³-hybridized carbons (Fsp3) is 0.286. The lowest BCUT2D eigenvalue weighted by Crippen LogP contribution is -2.42. The molecule has 0 amide bonds. The number of hydrogen-bond acceptors (Lipinski definition) is 4.